The molecule has 1 saturated heterocycles. The van der Waals surface area contributed by atoms with E-state index in [-0.39, 0.29) is 18.3 Å². The molecule has 0 bridgehead atoms. The molecule has 1 N–H and O–H groups in total. The first-order valence-corrected chi connectivity index (χ1v) is 8.50. The van der Waals surface area contributed by atoms with Crippen molar-refractivity contribution in [2.45, 2.75) is 26.4 Å². The number of carbonyl (C=O) groups is 1. The molecule has 0 aliphatic carbocycles. The van der Waals surface area contributed by atoms with Gasteiger partial charge in [0.05, 0.1) is 6.54 Å². The topological polar surface area (TPSA) is 41.6 Å². The Labute approximate surface area is 155 Å². The summed E-state index contributed by atoms with van der Waals surface area (Å²) in [5, 5.41) is 3.00. The number of nitrogens with zero attached hydrogens (tertiary/aromatic N) is 1. The maximum atomic E-state index is 12.1. The Balaban J connectivity index is 0.00000225. The highest BCUT2D eigenvalue weighted by atomic mass is 35.5. The highest BCUT2D eigenvalue weighted by molar-refractivity contribution is 5.93. The molecule has 0 spiro atoms. The van der Waals surface area contributed by atoms with Crippen molar-refractivity contribution in [3.63, 3.8) is 0 Å². The monoisotopic (exact) mass is 360 g/mol. The van der Waals surface area contributed by atoms with Crippen molar-refractivity contribution in [3.8, 4) is 5.75 Å². The van der Waals surface area contributed by atoms with Gasteiger partial charge in [-0.15, -0.1) is 12.4 Å². The predicted molar refractivity (Wildman–Crippen MR) is 104 cm³/mol. The molecule has 1 aliphatic rings. The number of nitrogens with one attached hydrogen (secondary N) is 1. The zero-order chi connectivity index (χ0) is 16.8. The number of ether oxygens (including phenoxy) is 1. The van der Waals surface area contributed by atoms with Crippen LogP contribution in [0.2, 0.25) is 0 Å². The van der Waals surface area contributed by atoms with Crippen LogP contribution in [0.1, 0.15) is 24.0 Å². The van der Waals surface area contributed by atoms with Gasteiger partial charge in [-0.05, 0) is 62.2 Å². The third-order valence-corrected chi connectivity index (χ3v) is 4.29. The Hall–Kier alpha value is -2.04. The molecule has 0 radical (unpaired) electrons. The van der Waals surface area contributed by atoms with E-state index in [2.05, 4.69) is 10.2 Å². The van der Waals surface area contributed by atoms with Crippen molar-refractivity contribution < 1.29 is 9.53 Å². The molecule has 25 heavy (non-hydrogen) atoms. The van der Waals surface area contributed by atoms with Gasteiger partial charge < -0.3 is 10.1 Å². The second-order valence-electron chi connectivity index (χ2n) is 6.28. The molecule has 1 aliphatic heterocycles. The molecule has 1 heterocycles. The van der Waals surface area contributed by atoms with Gasteiger partial charge >= 0.3 is 0 Å². The number of rotatable bonds is 6. The molecule has 4 nitrogen and oxygen atoms in total. The molecular formula is C20H25ClN2O2. The average Bonchev–Trinajstić information content (AvgIpc) is 3.09. The summed E-state index contributed by atoms with van der Waals surface area (Å²) in [7, 11) is 0. The SMILES string of the molecule is Cc1cc(OCc2ccccc2)ccc1NC(=O)CN1CCCC1.Cl. The largest absolute Gasteiger partial charge is 0.489 e. The van der Waals surface area contributed by atoms with E-state index in [1.165, 1.54) is 12.8 Å². The van der Waals surface area contributed by atoms with Crippen LogP contribution in [0.25, 0.3) is 0 Å². The fourth-order valence-corrected chi connectivity index (χ4v) is 2.94. The summed E-state index contributed by atoms with van der Waals surface area (Å²) in [6.45, 7) is 5.06. The maximum Gasteiger partial charge on any atom is 0.238 e. The lowest BCUT2D eigenvalue weighted by Crippen LogP contribution is -2.31. The number of carbonyl (C=O) groups excluding carboxylic acids is 1. The van der Waals surface area contributed by atoms with Gasteiger partial charge in [0.1, 0.15) is 12.4 Å². The number of anilines is 1. The summed E-state index contributed by atoms with van der Waals surface area (Å²) >= 11 is 0. The first-order valence-electron chi connectivity index (χ1n) is 8.50. The van der Waals surface area contributed by atoms with Crippen molar-refractivity contribution in [2.75, 3.05) is 25.0 Å². The van der Waals surface area contributed by atoms with Gasteiger partial charge in [-0.2, -0.15) is 0 Å². The summed E-state index contributed by atoms with van der Waals surface area (Å²) in [4.78, 5) is 14.3. The van der Waals surface area contributed by atoms with E-state index in [4.69, 9.17) is 4.74 Å². The molecule has 134 valence electrons. The lowest BCUT2D eigenvalue weighted by Gasteiger charge is -2.15. The molecule has 0 aromatic heterocycles. The second-order valence-corrected chi connectivity index (χ2v) is 6.28. The smallest absolute Gasteiger partial charge is 0.238 e. The molecular weight excluding hydrogens is 336 g/mol. The van der Waals surface area contributed by atoms with Crippen LogP contribution in [-0.4, -0.2) is 30.4 Å². The van der Waals surface area contributed by atoms with E-state index in [1.807, 2.05) is 55.5 Å². The third kappa shape index (κ3) is 5.76. The number of likely N-dealkylation sites (tertiary alicyclic amines) is 1. The number of hydrogen-bond donors (Lipinski definition) is 1. The number of halogens is 1. The van der Waals surface area contributed by atoms with E-state index in [1.54, 1.807) is 0 Å². The highest BCUT2D eigenvalue weighted by Gasteiger charge is 2.15. The van der Waals surface area contributed by atoms with E-state index >= 15 is 0 Å². The van der Waals surface area contributed by atoms with E-state index < -0.39 is 0 Å². The normalized spacial score (nSPS) is 14.0. The first kappa shape index (κ1) is 19.3. The van der Waals surface area contributed by atoms with Gasteiger partial charge in [0.25, 0.3) is 0 Å². The molecule has 5 heteroatoms. The van der Waals surface area contributed by atoms with E-state index in [0.29, 0.717) is 13.2 Å². The van der Waals surface area contributed by atoms with E-state index in [9.17, 15) is 4.79 Å². The van der Waals surface area contributed by atoms with Crippen molar-refractivity contribution in [2.24, 2.45) is 0 Å². The summed E-state index contributed by atoms with van der Waals surface area (Å²) in [5.74, 6) is 0.867. The van der Waals surface area contributed by atoms with Crippen LogP contribution in [0, 0.1) is 6.92 Å². The molecule has 3 rings (SSSR count). The average molecular weight is 361 g/mol. The Kier molecular flexibility index (Phi) is 7.29. The lowest BCUT2D eigenvalue weighted by atomic mass is 10.2. The summed E-state index contributed by atoms with van der Waals surface area (Å²) < 4.78 is 5.82. The minimum Gasteiger partial charge on any atom is -0.489 e. The van der Waals surface area contributed by atoms with Gasteiger partial charge in [0.15, 0.2) is 0 Å². The fraction of sp³-hybridized carbons (Fsp3) is 0.350. The van der Waals surface area contributed by atoms with Crippen LogP contribution < -0.4 is 10.1 Å². The van der Waals surface area contributed by atoms with Gasteiger partial charge in [-0.25, -0.2) is 0 Å². The molecule has 1 amide bonds. The molecule has 2 aromatic carbocycles. The minimum atomic E-state index is 0. The molecule has 2 aromatic rings. The van der Waals surface area contributed by atoms with Crippen LogP contribution in [0.5, 0.6) is 5.75 Å². The highest BCUT2D eigenvalue weighted by Crippen LogP contribution is 2.22. The van der Waals surface area contributed by atoms with Crippen LogP contribution in [0.15, 0.2) is 48.5 Å². The van der Waals surface area contributed by atoms with E-state index in [0.717, 1.165) is 35.7 Å². The number of amides is 1. The zero-order valence-corrected chi connectivity index (χ0v) is 15.3. The van der Waals surface area contributed by atoms with Gasteiger partial charge in [-0.3, -0.25) is 9.69 Å². The second kappa shape index (κ2) is 9.44. The summed E-state index contributed by atoms with van der Waals surface area (Å²) in [5.41, 5.74) is 3.00. The zero-order valence-electron chi connectivity index (χ0n) is 14.5. The summed E-state index contributed by atoms with van der Waals surface area (Å²) in [6, 6.07) is 15.9. The van der Waals surface area contributed by atoms with Crippen LogP contribution in [0.3, 0.4) is 0 Å². The Morgan fingerprint density at radius 2 is 1.84 bits per heavy atom. The standard InChI is InChI=1S/C20H24N2O2.ClH/c1-16-13-18(24-15-17-7-3-2-4-8-17)9-10-19(16)21-20(23)14-22-11-5-6-12-22;/h2-4,7-10,13H,5-6,11-12,14-15H2,1H3,(H,21,23);1H. The van der Waals surface area contributed by atoms with Crippen molar-refractivity contribution in [1.82, 2.24) is 4.90 Å². The minimum absolute atomic E-state index is 0. The lowest BCUT2D eigenvalue weighted by molar-refractivity contribution is -0.117. The molecule has 0 saturated carbocycles. The molecule has 1 fully saturated rings. The van der Waals surface area contributed by atoms with Gasteiger partial charge in [0.2, 0.25) is 5.91 Å². The number of hydrogen-bond acceptors (Lipinski definition) is 3. The van der Waals surface area contributed by atoms with Crippen LogP contribution in [-0.2, 0) is 11.4 Å². The van der Waals surface area contributed by atoms with Gasteiger partial charge in [0, 0.05) is 5.69 Å². The summed E-state index contributed by atoms with van der Waals surface area (Å²) in [6.07, 6.45) is 2.39. The number of aryl methyl sites for hydroxylation is 1. The predicted octanol–water partition coefficient (Wildman–Crippen LogP) is 4.03. The maximum absolute atomic E-state index is 12.1. The molecule has 0 atom stereocenters. The van der Waals surface area contributed by atoms with Crippen LogP contribution >= 0.6 is 12.4 Å². The third-order valence-electron chi connectivity index (χ3n) is 4.29. The quantitative estimate of drug-likeness (QED) is 0.845. The first-order chi connectivity index (χ1) is 11.7. The van der Waals surface area contributed by atoms with Crippen molar-refractivity contribution >= 4 is 24.0 Å². The van der Waals surface area contributed by atoms with Crippen molar-refractivity contribution in [1.29, 1.82) is 0 Å². The molecule has 0 unspecified atom stereocenters. The fourth-order valence-electron chi connectivity index (χ4n) is 2.94. The van der Waals surface area contributed by atoms with Crippen LogP contribution in [0.4, 0.5) is 5.69 Å². The van der Waals surface area contributed by atoms with Crippen molar-refractivity contribution in [3.05, 3.63) is 59.7 Å². The Morgan fingerprint density at radius 1 is 1.12 bits per heavy atom. The Bertz CT molecular complexity index is 685. The number of benzene rings is 2. The van der Waals surface area contributed by atoms with Gasteiger partial charge in [-0.1, -0.05) is 30.3 Å². The Morgan fingerprint density at radius 3 is 2.52 bits per heavy atom.